The summed E-state index contributed by atoms with van der Waals surface area (Å²) in [5.74, 6) is 2.47. The maximum absolute atomic E-state index is 6.08. The average molecular weight is 280 g/mol. The minimum Gasteiger partial charge on any atom is -0.493 e. The van der Waals surface area contributed by atoms with E-state index < -0.39 is 0 Å². The van der Waals surface area contributed by atoms with Crippen LogP contribution in [0.3, 0.4) is 0 Å². The number of ether oxygens (including phenoxy) is 3. The molecule has 0 saturated carbocycles. The molecule has 1 saturated heterocycles. The van der Waals surface area contributed by atoms with Gasteiger partial charge in [-0.3, -0.25) is 0 Å². The third-order valence-corrected chi connectivity index (χ3v) is 3.99. The fraction of sp³-hybridized carbons (Fsp3) is 0.600. The van der Waals surface area contributed by atoms with Crippen LogP contribution in [0.4, 0.5) is 5.69 Å². The second-order valence-electron chi connectivity index (χ2n) is 5.26. The van der Waals surface area contributed by atoms with Gasteiger partial charge in [-0.25, -0.2) is 0 Å². The highest BCUT2D eigenvalue weighted by molar-refractivity contribution is 5.63. The molecule has 1 aliphatic rings. The Bertz CT molecular complexity index is 439. The van der Waals surface area contributed by atoms with Crippen molar-refractivity contribution in [3.05, 3.63) is 12.1 Å². The molecule has 1 fully saturated rings. The number of hydrogen-bond donors (Lipinski definition) is 1. The zero-order chi connectivity index (χ0) is 14.7. The predicted octanol–water partition coefficient (Wildman–Crippen LogP) is 1.89. The van der Waals surface area contributed by atoms with Crippen molar-refractivity contribution in [3.8, 4) is 17.2 Å². The maximum atomic E-state index is 6.08. The first-order valence-corrected chi connectivity index (χ1v) is 6.91. The molecule has 1 heterocycles. The molecule has 2 N–H and O–H groups in total. The summed E-state index contributed by atoms with van der Waals surface area (Å²) in [4.78, 5) is 2.32. The number of nitrogens with zero attached hydrogens (tertiary/aromatic N) is 1. The van der Waals surface area contributed by atoms with Gasteiger partial charge < -0.3 is 24.8 Å². The van der Waals surface area contributed by atoms with Crippen LogP contribution in [0.25, 0.3) is 0 Å². The van der Waals surface area contributed by atoms with Gasteiger partial charge in [0, 0.05) is 37.0 Å². The standard InChI is InChI=1S/C15H24N2O3/c1-10-9-17(6-5-12(10)16)11-7-13(18-2)15(20-4)14(8-11)19-3/h7-8,10,12H,5-6,9,16H2,1-4H3. The summed E-state index contributed by atoms with van der Waals surface area (Å²) < 4.78 is 16.2. The number of hydrogen-bond acceptors (Lipinski definition) is 5. The second-order valence-corrected chi connectivity index (χ2v) is 5.26. The monoisotopic (exact) mass is 280 g/mol. The predicted molar refractivity (Wildman–Crippen MR) is 80.1 cm³/mol. The summed E-state index contributed by atoms with van der Waals surface area (Å²) in [5, 5.41) is 0. The number of rotatable bonds is 4. The molecule has 1 aliphatic heterocycles. The van der Waals surface area contributed by atoms with Crippen molar-refractivity contribution in [1.82, 2.24) is 0 Å². The molecular formula is C15H24N2O3. The Morgan fingerprint density at radius 3 is 2.15 bits per heavy atom. The van der Waals surface area contributed by atoms with Crippen LogP contribution in [-0.4, -0.2) is 40.5 Å². The zero-order valence-electron chi connectivity index (χ0n) is 12.7. The number of nitrogens with two attached hydrogens (primary N) is 1. The van der Waals surface area contributed by atoms with E-state index in [2.05, 4.69) is 11.8 Å². The Labute approximate surface area is 120 Å². The summed E-state index contributed by atoms with van der Waals surface area (Å²) >= 11 is 0. The van der Waals surface area contributed by atoms with Gasteiger partial charge in [0.25, 0.3) is 0 Å². The molecular weight excluding hydrogens is 256 g/mol. The van der Waals surface area contributed by atoms with Crippen molar-refractivity contribution in [2.75, 3.05) is 39.3 Å². The number of anilines is 1. The minimum absolute atomic E-state index is 0.285. The highest BCUT2D eigenvalue weighted by Gasteiger charge is 2.25. The maximum Gasteiger partial charge on any atom is 0.203 e. The largest absolute Gasteiger partial charge is 0.493 e. The summed E-state index contributed by atoms with van der Waals surface area (Å²) in [6, 6.07) is 4.27. The zero-order valence-corrected chi connectivity index (χ0v) is 12.7. The molecule has 0 amide bonds. The summed E-state index contributed by atoms with van der Waals surface area (Å²) in [6.07, 6.45) is 0.998. The van der Waals surface area contributed by atoms with Crippen molar-refractivity contribution < 1.29 is 14.2 Å². The van der Waals surface area contributed by atoms with E-state index in [0.29, 0.717) is 23.2 Å². The quantitative estimate of drug-likeness (QED) is 0.912. The van der Waals surface area contributed by atoms with Crippen LogP contribution >= 0.6 is 0 Å². The van der Waals surface area contributed by atoms with Gasteiger partial charge in [0.1, 0.15) is 0 Å². The molecule has 20 heavy (non-hydrogen) atoms. The lowest BCUT2D eigenvalue weighted by Crippen LogP contribution is -2.45. The van der Waals surface area contributed by atoms with E-state index in [4.69, 9.17) is 19.9 Å². The van der Waals surface area contributed by atoms with E-state index >= 15 is 0 Å². The molecule has 2 rings (SSSR count). The van der Waals surface area contributed by atoms with Gasteiger partial charge in [-0.2, -0.15) is 0 Å². The van der Waals surface area contributed by atoms with Gasteiger partial charge in [0.15, 0.2) is 11.5 Å². The number of piperidine rings is 1. The SMILES string of the molecule is COc1cc(N2CCC(N)C(C)C2)cc(OC)c1OC. The van der Waals surface area contributed by atoms with Gasteiger partial charge in [0.2, 0.25) is 5.75 Å². The first-order chi connectivity index (χ1) is 9.60. The van der Waals surface area contributed by atoms with Crippen LogP contribution < -0.4 is 24.8 Å². The third kappa shape index (κ3) is 2.77. The lowest BCUT2D eigenvalue weighted by atomic mass is 9.94. The first-order valence-electron chi connectivity index (χ1n) is 6.91. The van der Waals surface area contributed by atoms with E-state index in [1.807, 2.05) is 12.1 Å². The van der Waals surface area contributed by atoms with Crippen LogP contribution in [0.15, 0.2) is 12.1 Å². The van der Waals surface area contributed by atoms with Crippen LogP contribution in [0.2, 0.25) is 0 Å². The molecule has 5 heteroatoms. The highest BCUT2D eigenvalue weighted by atomic mass is 16.5. The third-order valence-electron chi connectivity index (χ3n) is 3.99. The molecule has 0 spiro atoms. The number of benzene rings is 1. The first kappa shape index (κ1) is 14.8. The molecule has 0 radical (unpaired) electrons. The topological polar surface area (TPSA) is 57.0 Å². The molecule has 0 aliphatic carbocycles. The summed E-state index contributed by atoms with van der Waals surface area (Å²) in [5.41, 5.74) is 7.16. The van der Waals surface area contributed by atoms with Crippen LogP contribution in [-0.2, 0) is 0 Å². The Morgan fingerprint density at radius 1 is 1.10 bits per heavy atom. The van der Waals surface area contributed by atoms with Crippen LogP contribution in [0.5, 0.6) is 17.2 Å². The smallest absolute Gasteiger partial charge is 0.203 e. The van der Waals surface area contributed by atoms with Crippen molar-refractivity contribution in [2.45, 2.75) is 19.4 Å². The highest BCUT2D eigenvalue weighted by Crippen LogP contribution is 2.41. The molecule has 1 aromatic rings. The molecule has 5 nitrogen and oxygen atoms in total. The Kier molecular flexibility index (Phi) is 4.60. The molecule has 2 atom stereocenters. The molecule has 0 aromatic heterocycles. The van der Waals surface area contributed by atoms with Gasteiger partial charge in [-0.15, -0.1) is 0 Å². The van der Waals surface area contributed by atoms with Crippen LogP contribution in [0, 0.1) is 5.92 Å². The van der Waals surface area contributed by atoms with Gasteiger partial charge in [-0.05, 0) is 12.3 Å². The molecule has 112 valence electrons. The van der Waals surface area contributed by atoms with Crippen molar-refractivity contribution in [1.29, 1.82) is 0 Å². The molecule has 2 unspecified atom stereocenters. The summed E-state index contributed by atoms with van der Waals surface area (Å²) in [6.45, 7) is 4.08. The van der Waals surface area contributed by atoms with Gasteiger partial charge >= 0.3 is 0 Å². The lowest BCUT2D eigenvalue weighted by molar-refractivity contribution is 0.323. The molecule has 0 bridgehead atoms. The van der Waals surface area contributed by atoms with E-state index in [0.717, 1.165) is 25.2 Å². The molecule has 1 aromatic carbocycles. The Hall–Kier alpha value is -1.62. The Morgan fingerprint density at radius 2 is 1.70 bits per heavy atom. The normalized spacial score (nSPS) is 22.6. The lowest BCUT2D eigenvalue weighted by Gasteiger charge is -2.37. The second kappa shape index (κ2) is 6.22. The van der Waals surface area contributed by atoms with Gasteiger partial charge in [-0.1, -0.05) is 6.92 Å². The average Bonchev–Trinajstić information content (AvgIpc) is 2.48. The van der Waals surface area contributed by atoms with Crippen molar-refractivity contribution in [2.24, 2.45) is 11.7 Å². The fourth-order valence-electron chi connectivity index (χ4n) is 2.65. The minimum atomic E-state index is 0.285. The van der Waals surface area contributed by atoms with Crippen molar-refractivity contribution in [3.63, 3.8) is 0 Å². The summed E-state index contributed by atoms with van der Waals surface area (Å²) in [7, 11) is 4.88. The van der Waals surface area contributed by atoms with Crippen molar-refractivity contribution >= 4 is 5.69 Å². The van der Waals surface area contributed by atoms with Gasteiger partial charge in [0.05, 0.1) is 21.3 Å². The Balaban J connectivity index is 2.32. The number of methoxy groups -OCH3 is 3. The van der Waals surface area contributed by atoms with E-state index in [1.54, 1.807) is 21.3 Å². The van der Waals surface area contributed by atoms with E-state index in [-0.39, 0.29) is 6.04 Å². The van der Waals surface area contributed by atoms with Crippen LogP contribution in [0.1, 0.15) is 13.3 Å². The van der Waals surface area contributed by atoms with E-state index in [9.17, 15) is 0 Å². The van der Waals surface area contributed by atoms with E-state index in [1.165, 1.54) is 0 Å². The fourth-order valence-corrected chi connectivity index (χ4v) is 2.65.